The van der Waals surface area contributed by atoms with Crippen LogP contribution in [0.1, 0.15) is 39.3 Å². The standard InChI is InChI=1S/C21H39N5O/c1-16(2)26(17(3)4)14-13-23-21(22-5)24-15-20(25(6)7)18-9-11-19(27-8)12-10-18/h9-12,16-17,20H,13-15H2,1-8H3,(H2,22,23,24). The summed E-state index contributed by atoms with van der Waals surface area (Å²) in [6.45, 7) is 11.6. The molecule has 1 atom stereocenters. The Balaban J connectivity index is 2.59. The number of nitrogens with one attached hydrogen (secondary N) is 2. The molecule has 1 rings (SSSR count). The average Bonchev–Trinajstić information content (AvgIpc) is 2.63. The number of guanidine groups is 1. The van der Waals surface area contributed by atoms with Crippen molar-refractivity contribution >= 4 is 5.96 Å². The van der Waals surface area contributed by atoms with Crippen molar-refractivity contribution in [1.82, 2.24) is 20.4 Å². The Morgan fingerprint density at radius 3 is 2.07 bits per heavy atom. The second-order valence-corrected chi connectivity index (χ2v) is 7.56. The van der Waals surface area contributed by atoms with Crippen molar-refractivity contribution in [3.05, 3.63) is 29.8 Å². The molecule has 2 N–H and O–H groups in total. The molecule has 1 unspecified atom stereocenters. The number of hydrogen-bond acceptors (Lipinski definition) is 4. The summed E-state index contributed by atoms with van der Waals surface area (Å²) in [4.78, 5) is 9.05. The van der Waals surface area contributed by atoms with E-state index in [1.54, 1.807) is 7.11 Å². The molecule has 0 fully saturated rings. The van der Waals surface area contributed by atoms with Crippen molar-refractivity contribution in [2.24, 2.45) is 4.99 Å². The fourth-order valence-corrected chi connectivity index (χ4v) is 3.25. The molecular formula is C21H39N5O. The zero-order valence-corrected chi connectivity index (χ0v) is 18.4. The molecule has 0 radical (unpaired) electrons. The van der Waals surface area contributed by atoms with Crippen LogP contribution in [-0.4, -0.2) is 75.7 Å². The summed E-state index contributed by atoms with van der Waals surface area (Å²) in [5.74, 6) is 1.71. The Morgan fingerprint density at radius 1 is 1.04 bits per heavy atom. The van der Waals surface area contributed by atoms with Crippen LogP contribution in [0.3, 0.4) is 0 Å². The monoisotopic (exact) mass is 377 g/mol. The van der Waals surface area contributed by atoms with Gasteiger partial charge in [-0.2, -0.15) is 0 Å². The molecule has 0 aromatic heterocycles. The topological polar surface area (TPSA) is 52.1 Å². The summed E-state index contributed by atoms with van der Waals surface area (Å²) < 4.78 is 5.26. The molecule has 1 aromatic rings. The van der Waals surface area contributed by atoms with Crippen LogP contribution in [0.25, 0.3) is 0 Å². The molecule has 0 amide bonds. The lowest BCUT2D eigenvalue weighted by molar-refractivity contribution is 0.178. The summed E-state index contributed by atoms with van der Waals surface area (Å²) in [7, 11) is 7.69. The second-order valence-electron chi connectivity index (χ2n) is 7.56. The van der Waals surface area contributed by atoms with Crippen molar-refractivity contribution in [3.63, 3.8) is 0 Å². The van der Waals surface area contributed by atoms with Gasteiger partial charge < -0.3 is 20.3 Å². The van der Waals surface area contributed by atoms with Gasteiger partial charge in [0.1, 0.15) is 5.75 Å². The quantitative estimate of drug-likeness (QED) is 0.485. The molecule has 1 aromatic carbocycles. The smallest absolute Gasteiger partial charge is 0.191 e. The number of likely N-dealkylation sites (N-methyl/N-ethyl adjacent to an activating group) is 1. The van der Waals surface area contributed by atoms with E-state index >= 15 is 0 Å². The number of benzene rings is 1. The summed E-state index contributed by atoms with van der Waals surface area (Å²) in [6, 6.07) is 9.56. The highest BCUT2D eigenvalue weighted by Crippen LogP contribution is 2.20. The zero-order valence-electron chi connectivity index (χ0n) is 18.4. The molecule has 0 aliphatic heterocycles. The van der Waals surface area contributed by atoms with E-state index in [0.717, 1.165) is 31.3 Å². The Hall–Kier alpha value is -1.79. The largest absolute Gasteiger partial charge is 0.497 e. The van der Waals surface area contributed by atoms with Crippen LogP contribution in [0.4, 0.5) is 0 Å². The van der Waals surface area contributed by atoms with Crippen LogP contribution in [-0.2, 0) is 0 Å². The van der Waals surface area contributed by atoms with E-state index < -0.39 is 0 Å². The van der Waals surface area contributed by atoms with Gasteiger partial charge in [0.05, 0.1) is 13.2 Å². The lowest BCUT2D eigenvalue weighted by Gasteiger charge is -2.31. The summed E-state index contributed by atoms with van der Waals surface area (Å²) >= 11 is 0. The van der Waals surface area contributed by atoms with Gasteiger partial charge in [-0.1, -0.05) is 12.1 Å². The van der Waals surface area contributed by atoms with Gasteiger partial charge in [-0.05, 0) is 59.5 Å². The van der Waals surface area contributed by atoms with Crippen LogP contribution in [0.5, 0.6) is 5.75 Å². The van der Waals surface area contributed by atoms with Gasteiger partial charge in [0.2, 0.25) is 0 Å². The highest BCUT2D eigenvalue weighted by Gasteiger charge is 2.16. The second kappa shape index (κ2) is 11.8. The molecule has 27 heavy (non-hydrogen) atoms. The van der Waals surface area contributed by atoms with Crippen LogP contribution in [0.2, 0.25) is 0 Å². The minimum atomic E-state index is 0.247. The first-order chi connectivity index (χ1) is 12.8. The molecule has 0 aliphatic carbocycles. The first-order valence-electron chi connectivity index (χ1n) is 9.80. The van der Waals surface area contributed by atoms with Crippen molar-refractivity contribution < 1.29 is 4.74 Å². The van der Waals surface area contributed by atoms with Gasteiger partial charge in [0.25, 0.3) is 0 Å². The number of rotatable bonds is 10. The normalized spacial score (nSPS) is 13.6. The molecule has 0 spiro atoms. The molecule has 154 valence electrons. The van der Waals surface area contributed by atoms with Crippen LogP contribution >= 0.6 is 0 Å². The third-order valence-corrected chi connectivity index (χ3v) is 4.80. The Labute approximate surface area is 166 Å². The van der Waals surface area contributed by atoms with Crippen LogP contribution < -0.4 is 15.4 Å². The van der Waals surface area contributed by atoms with E-state index in [2.05, 4.69) is 79.3 Å². The number of nitrogens with zero attached hydrogens (tertiary/aromatic N) is 3. The van der Waals surface area contributed by atoms with E-state index in [-0.39, 0.29) is 6.04 Å². The maximum Gasteiger partial charge on any atom is 0.191 e. The predicted octanol–water partition coefficient (Wildman–Crippen LogP) is 2.58. The Morgan fingerprint density at radius 2 is 1.63 bits per heavy atom. The van der Waals surface area contributed by atoms with Crippen molar-refractivity contribution in [1.29, 1.82) is 0 Å². The molecule has 6 nitrogen and oxygen atoms in total. The third kappa shape index (κ3) is 7.77. The predicted molar refractivity (Wildman–Crippen MR) is 116 cm³/mol. The summed E-state index contributed by atoms with van der Waals surface area (Å²) in [5.41, 5.74) is 1.24. The number of aliphatic imine (C=N–C) groups is 1. The molecule has 0 bridgehead atoms. The first kappa shape index (κ1) is 23.2. The number of ether oxygens (including phenoxy) is 1. The van der Waals surface area contributed by atoms with E-state index in [1.165, 1.54) is 5.56 Å². The minimum Gasteiger partial charge on any atom is -0.497 e. The Kier molecular flexibility index (Phi) is 10.2. The molecule has 6 heteroatoms. The summed E-state index contributed by atoms with van der Waals surface area (Å²) in [6.07, 6.45) is 0. The van der Waals surface area contributed by atoms with E-state index in [4.69, 9.17) is 4.74 Å². The molecule has 0 saturated heterocycles. The zero-order chi connectivity index (χ0) is 20.4. The van der Waals surface area contributed by atoms with Gasteiger partial charge in [-0.25, -0.2) is 0 Å². The van der Waals surface area contributed by atoms with Gasteiger partial charge in [-0.3, -0.25) is 9.89 Å². The third-order valence-electron chi connectivity index (χ3n) is 4.80. The maximum atomic E-state index is 5.26. The fraction of sp³-hybridized carbons (Fsp3) is 0.667. The minimum absolute atomic E-state index is 0.247. The highest BCUT2D eigenvalue weighted by molar-refractivity contribution is 5.79. The SMILES string of the molecule is CN=C(NCCN(C(C)C)C(C)C)NCC(c1ccc(OC)cc1)N(C)C. The van der Waals surface area contributed by atoms with Gasteiger partial charge in [0.15, 0.2) is 5.96 Å². The lowest BCUT2D eigenvalue weighted by Crippen LogP contribution is -2.46. The highest BCUT2D eigenvalue weighted by atomic mass is 16.5. The average molecular weight is 378 g/mol. The fourth-order valence-electron chi connectivity index (χ4n) is 3.25. The van der Waals surface area contributed by atoms with Gasteiger partial charge in [0, 0.05) is 38.8 Å². The maximum absolute atomic E-state index is 5.26. The molecular weight excluding hydrogens is 338 g/mol. The first-order valence-corrected chi connectivity index (χ1v) is 9.80. The van der Waals surface area contributed by atoms with E-state index in [9.17, 15) is 0 Å². The van der Waals surface area contributed by atoms with Crippen LogP contribution in [0, 0.1) is 0 Å². The lowest BCUT2D eigenvalue weighted by atomic mass is 10.1. The van der Waals surface area contributed by atoms with Crippen molar-refractivity contribution in [3.8, 4) is 5.75 Å². The molecule has 0 aliphatic rings. The van der Waals surface area contributed by atoms with Crippen molar-refractivity contribution in [2.45, 2.75) is 45.8 Å². The van der Waals surface area contributed by atoms with Crippen LogP contribution in [0.15, 0.2) is 29.3 Å². The van der Waals surface area contributed by atoms with E-state index in [0.29, 0.717) is 12.1 Å². The number of methoxy groups -OCH3 is 1. The summed E-state index contributed by atoms with van der Waals surface area (Å²) in [5, 5.41) is 6.89. The van der Waals surface area contributed by atoms with Gasteiger partial charge in [-0.15, -0.1) is 0 Å². The van der Waals surface area contributed by atoms with E-state index in [1.807, 2.05) is 19.2 Å². The number of hydrogen-bond donors (Lipinski definition) is 2. The molecule has 0 heterocycles. The van der Waals surface area contributed by atoms with Gasteiger partial charge >= 0.3 is 0 Å². The van der Waals surface area contributed by atoms with Crippen molar-refractivity contribution in [2.75, 3.05) is 47.9 Å². The molecule has 0 saturated carbocycles. The Bertz CT molecular complexity index is 546.